The molecule has 3 aromatic rings. The largest absolute Gasteiger partial charge is 0.391 e. The first kappa shape index (κ1) is 15.0. The molecule has 0 aromatic heterocycles. The molecule has 0 spiro atoms. The average Bonchev–Trinajstić information content (AvgIpc) is 2.62. The fourth-order valence-electron chi connectivity index (χ4n) is 2.18. The first-order chi connectivity index (χ1) is 11.3. The third-order valence-electron chi connectivity index (χ3n) is 3.44. The van der Waals surface area contributed by atoms with Crippen LogP contribution in [0.5, 0.6) is 0 Å². The molecule has 3 rings (SSSR count). The Morgan fingerprint density at radius 3 is 2.13 bits per heavy atom. The van der Waals surface area contributed by atoms with E-state index in [4.69, 9.17) is 4.84 Å². The summed E-state index contributed by atoms with van der Waals surface area (Å²) < 4.78 is 12.8. The number of rotatable bonds is 5. The van der Waals surface area contributed by atoms with Crippen molar-refractivity contribution in [1.29, 1.82) is 0 Å². The molecular formula is C20H16FNO. The molecule has 23 heavy (non-hydrogen) atoms. The van der Waals surface area contributed by atoms with Crippen LogP contribution in [-0.2, 0) is 11.4 Å². The Morgan fingerprint density at radius 2 is 1.43 bits per heavy atom. The molecular weight excluding hydrogens is 289 g/mol. The van der Waals surface area contributed by atoms with Crippen molar-refractivity contribution in [3.05, 3.63) is 95.8 Å². The van der Waals surface area contributed by atoms with E-state index in [-0.39, 0.29) is 5.82 Å². The lowest BCUT2D eigenvalue weighted by Crippen LogP contribution is -1.89. The van der Waals surface area contributed by atoms with E-state index >= 15 is 0 Å². The predicted octanol–water partition coefficient (Wildman–Crippen LogP) is 5.04. The lowest BCUT2D eigenvalue weighted by Gasteiger charge is -2.04. The molecule has 3 heteroatoms. The van der Waals surface area contributed by atoms with Gasteiger partial charge in [0.2, 0.25) is 0 Å². The van der Waals surface area contributed by atoms with Crippen LogP contribution in [0.15, 0.2) is 84.0 Å². The molecule has 0 aliphatic heterocycles. The SMILES string of the molecule is Fc1ccc(C=NOCc2ccc(-c3ccccc3)cc2)cc1. The second-order valence-electron chi connectivity index (χ2n) is 5.12. The summed E-state index contributed by atoms with van der Waals surface area (Å²) in [5.41, 5.74) is 4.20. The lowest BCUT2D eigenvalue weighted by atomic mass is 10.0. The Hall–Kier alpha value is -2.94. The Kier molecular flexibility index (Phi) is 4.79. The van der Waals surface area contributed by atoms with Gasteiger partial charge in [0.05, 0.1) is 6.21 Å². The topological polar surface area (TPSA) is 21.6 Å². The maximum absolute atomic E-state index is 12.8. The summed E-state index contributed by atoms with van der Waals surface area (Å²) in [5, 5.41) is 3.90. The molecule has 0 N–H and O–H groups in total. The zero-order chi connectivity index (χ0) is 15.9. The van der Waals surface area contributed by atoms with Crippen molar-refractivity contribution in [2.24, 2.45) is 5.16 Å². The molecule has 114 valence electrons. The minimum absolute atomic E-state index is 0.262. The molecule has 0 aliphatic rings. The third-order valence-corrected chi connectivity index (χ3v) is 3.44. The van der Waals surface area contributed by atoms with Crippen LogP contribution in [0.2, 0.25) is 0 Å². The van der Waals surface area contributed by atoms with E-state index in [1.165, 1.54) is 23.3 Å². The van der Waals surface area contributed by atoms with E-state index < -0.39 is 0 Å². The standard InChI is InChI=1S/C20H16FNO/c21-20-12-8-16(9-13-20)14-22-23-15-17-6-10-19(11-7-17)18-4-2-1-3-5-18/h1-14H,15H2. The van der Waals surface area contributed by atoms with Gasteiger partial charge < -0.3 is 4.84 Å². The van der Waals surface area contributed by atoms with Gasteiger partial charge in [0, 0.05) is 0 Å². The second-order valence-corrected chi connectivity index (χ2v) is 5.12. The van der Waals surface area contributed by atoms with E-state index in [2.05, 4.69) is 29.4 Å². The van der Waals surface area contributed by atoms with Gasteiger partial charge in [0.1, 0.15) is 12.4 Å². The number of nitrogens with zero attached hydrogens (tertiary/aromatic N) is 1. The van der Waals surface area contributed by atoms with Crippen LogP contribution in [0.4, 0.5) is 4.39 Å². The van der Waals surface area contributed by atoms with Crippen LogP contribution in [0.25, 0.3) is 11.1 Å². The van der Waals surface area contributed by atoms with Crippen LogP contribution in [-0.4, -0.2) is 6.21 Å². The number of oxime groups is 1. The monoisotopic (exact) mass is 305 g/mol. The Balaban J connectivity index is 1.55. The predicted molar refractivity (Wildman–Crippen MR) is 90.7 cm³/mol. The highest BCUT2D eigenvalue weighted by Gasteiger charge is 1.97. The van der Waals surface area contributed by atoms with E-state index in [1.54, 1.807) is 18.3 Å². The van der Waals surface area contributed by atoms with Crippen molar-refractivity contribution < 1.29 is 9.23 Å². The highest BCUT2D eigenvalue weighted by molar-refractivity contribution is 5.78. The fourth-order valence-corrected chi connectivity index (χ4v) is 2.18. The average molecular weight is 305 g/mol. The van der Waals surface area contributed by atoms with Gasteiger partial charge in [0.15, 0.2) is 0 Å². The van der Waals surface area contributed by atoms with Gasteiger partial charge in [-0.05, 0) is 34.4 Å². The van der Waals surface area contributed by atoms with Crippen LogP contribution in [0.3, 0.4) is 0 Å². The number of benzene rings is 3. The summed E-state index contributed by atoms with van der Waals surface area (Å²) in [5.74, 6) is -0.262. The number of hydrogen-bond donors (Lipinski definition) is 0. The van der Waals surface area contributed by atoms with Crippen molar-refractivity contribution in [2.45, 2.75) is 6.61 Å². The molecule has 2 nitrogen and oxygen atoms in total. The summed E-state index contributed by atoms with van der Waals surface area (Å²) in [6, 6.07) is 24.5. The number of halogens is 1. The molecule has 0 fully saturated rings. The molecule has 0 heterocycles. The molecule has 3 aromatic carbocycles. The highest BCUT2D eigenvalue weighted by Crippen LogP contribution is 2.19. The zero-order valence-corrected chi connectivity index (χ0v) is 12.5. The Bertz CT molecular complexity index is 765. The van der Waals surface area contributed by atoms with Gasteiger partial charge in [-0.25, -0.2) is 4.39 Å². The van der Waals surface area contributed by atoms with E-state index in [1.807, 2.05) is 30.3 Å². The third kappa shape index (κ3) is 4.27. The molecule has 0 amide bonds. The van der Waals surface area contributed by atoms with E-state index in [0.717, 1.165) is 11.1 Å². The summed E-state index contributed by atoms with van der Waals surface area (Å²) >= 11 is 0. The number of hydrogen-bond acceptors (Lipinski definition) is 2. The maximum atomic E-state index is 12.8. The summed E-state index contributed by atoms with van der Waals surface area (Å²) in [4.78, 5) is 5.28. The minimum Gasteiger partial charge on any atom is -0.391 e. The van der Waals surface area contributed by atoms with E-state index in [9.17, 15) is 4.39 Å². The Labute approximate surface area is 134 Å². The minimum atomic E-state index is -0.262. The van der Waals surface area contributed by atoms with Crippen molar-refractivity contribution in [1.82, 2.24) is 0 Å². The highest BCUT2D eigenvalue weighted by atomic mass is 19.1. The summed E-state index contributed by atoms with van der Waals surface area (Å²) in [6.45, 7) is 0.396. The van der Waals surface area contributed by atoms with Gasteiger partial charge in [0.25, 0.3) is 0 Å². The summed E-state index contributed by atoms with van der Waals surface area (Å²) in [7, 11) is 0. The zero-order valence-electron chi connectivity index (χ0n) is 12.5. The lowest BCUT2D eigenvalue weighted by molar-refractivity contribution is 0.132. The van der Waals surface area contributed by atoms with Gasteiger partial charge in [-0.1, -0.05) is 71.9 Å². The molecule has 0 atom stereocenters. The molecule has 0 saturated carbocycles. The van der Waals surface area contributed by atoms with Crippen LogP contribution in [0, 0.1) is 5.82 Å². The van der Waals surface area contributed by atoms with Gasteiger partial charge in [-0.3, -0.25) is 0 Å². The van der Waals surface area contributed by atoms with Gasteiger partial charge in [-0.2, -0.15) is 0 Å². The van der Waals surface area contributed by atoms with Crippen molar-refractivity contribution in [2.75, 3.05) is 0 Å². The van der Waals surface area contributed by atoms with Crippen molar-refractivity contribution in [3.8, 4) is 11.1 Å². The molecule has 0 bridgehead atoms. The molecule has 0 unspecified atom stereocenters. The second kappa shape index (κ2) is 7.36. The first-order valence-corrected chi connectivity index (χ1v) is 7.36. The van der Waals surface area contributed by atoms with Crippen LogP contribution >= 0.6 is 0 Å². The maximum Gasteiger partial charge on any atom is 0.142 e. The molecule has 0 radical (unpaired) electrons. The first-order valence-electron chi connectivity index (χ1n) is 7.36. The van der Waals surface area contributed by atoms with Crippen LogP contribution < -0.4 is 0 Å². The molecule has 0 saturated heterocycles. The smallest absolute Gasteiger partial charge is 0.142 e. The quantitative estimate of drug-likeness (QED) is 0.478. The normalized spacial score (nSPS) is 10.8. The van der Waals surface area contributed by atoms with Crippen molar-refractivity contribution in [3.63, 3.8) is 0 Å². The Morgan fingerprint density at radius 1 is 0.783 bits per heavy atom. The van der Waals surface area contributed by atoms with Gasteiger partial charge in [-0.15, -0.1) is 0 Å². The van der Waals surface area contributed by atoms with Crippen LogP contribution in [0.1, 0.15) is 11.1 Å². The fraction of sp³-hybridized carbons (Fsp3) is 0.0500. The van der Waals surface area contributed by atoms with Gasteiger partial charge >= 0.3 is 0 Å². The van der Waals surface area contributed by atoms with Crippen molar-refractivity contribution >= 4 is 6.21 Å². The summed E-state index contributed by atoms with van der Waals surface area (Å²) in [6.07, 6.45) is 1.57. The molecule has 0 aliphatic carbocycles. The van der Waals surface area contributed by atoms with E-state index in [0.29, 0.717) is 6.61 Å².